The summed E-state index contributed by atoms with van der Waals surface area (Å²) in [6.45, 7) is 2.85. The normalized spacial score (nSPS) is 13.9. The highest BCUT2D eigenvalue weighted by Crippen LogP contribution is 2.34. The highest BCUT2D eigenvalue weighted by atomic mass is 79.9. The minimum absolute atomic E-state index is 0. The largest absolute Gasteiger partial charge is 0.454 e. The molecule has 0 aliphatic carbocycles. The Morgan fingerprint density at radius 1 is 0.956 bits per heavy atom. The van der Waals surface area contributed by atoms with Crippen molar-refractivity contribution in [2.24, 2.45) is 0 Å². The summed E-state index contributed by atoms with van der Waals surface area (Å²) in [5.74, 6) is 1.88. The number of fused-ring (bicyclic) bond motifs is 1. The number of aryl methyl sites for hydroxylation is 1. The molecular weight excluding hydrogens is 655 g/mol. The SMILES string of the molecule is Br.Cc1cc(N2CC=CN(Cc3ccc4c(c3)OCO4)C2=O)ccc1Oc1ccc(CC(=O)c2ccc(C(F)(F)F)cc2)cn1. The Bertz CT molecular complexity index is 1740. The molecule has 3 aromatic carbocycles. The molecule has 0 spiro atoms. The van der Waals surface area contributed by atoms with E-state index >= 15 is 0 Å². The van der Waals surface area contributed by atoms with Gasteiger partial charge >= 0.3 is 12.2 Å². The molecule has 12 heteroatoms. The summed E-state index contributed by atoms with van der Waals surface area (Å²) in [4.78, 5) is 33.5. The van der Waals surface area contributed by atoms with E-state index in [1.54, 1.807) is 40.3 Å². The van der Waals surface area contributed by atoms with Crippen LogP contribution in [0.15, 0.2) is 91.3 Å². The second-order valence-electron chi connectivity index (χ2n) is 10.3. The lowest BCUT2D eigenvalue weighted by molar-refractivity contribution is -0.137. The van der Waals surface area contributed by atoms with Crippen LogP contribution in [0.5, 0.6) is 23.1 Å². The van der Waals surface area contributed by atoms with Gasteiger partial charge in [-0.25, -0.2) is 9.78 Å². The molecule has 2 aliphatic rings. The summed E-state index contributed by atoms with van der Waals surface area (Å²) >= 11 is 0. The lowest BCUT2D eigenvalue weighted by Gasteiger charge is -2.32. The molecular formula is C33H27BrF3N3O5. The third-order valence-electron chi connectivity index (χ3n) is 7.22. The number of anilines is 1. The van der Waals surface area contributed by atoms with E-state index in [1.807, 2.05) is 37.3 Å². The number of hydrogen-bond donors (Lipinski definition) is 0. The molecule has 6 rings (SSSR count). The molecule has 8 nitrogen and oxygen atoms in total. The van der Waals surface area contributed by atoms with Crippen LogP contribution in [-0.2, 0) is 19.1 Å². The van der Waals surface area contributed by atoms with Crippen molar-refractivity contribution in [2.45, 2.75) is 26.1 Å². The molecule has 0 saturated carbocycles. The third-order valence-corrected chi connectivity index (χ3v) is 7.22. The van der Waals surface area contributed by atoms with E-state index in [9.17, 15) is 22.8 Å². The number of amides is 2. The average Bonchev–Trinajstić information content (AvgIpc) is 3.48. The molecule has 4 aromatic rings. The first-order chi connectivity index (χ1) is 21.1. The number of benzene rings is 3. The number of aromatic nitrogens is 1. The van der Waals surface area contributed by atoms with Crippen LogP contribution >= 0.6 is 17.0 Å². The monoisotopic (exact) mass is 681 g/mol. The number of rotatable bonds is 8. The van der Waals surface area contributed by atoms with Gasteiger partial charge in [-0.3, -0.25) is 14.6 Å². The fraction of sp³-hybridized carbons (Fsp3) is 0.182. The Hall–Kier alpha value is -4.84. The molecule has 2 amide bonds. The van der Waals surface area contributed by atoms with Crippen molar-refractivity contribution in [2.75, 3.05) is 18.2 Å². The number of carbonyl (C=O) groups excluding carboxylic acids is 2. The molecule has 2 aliphatic heterocycles. The van der Waals surface area contributed by atoms with Crippen LogP contribution in [0.3, 0.4) is 0 Å². The Balaban J connectivity index is 0.00000400. The fourth-order valence-electron chi connectivity index (χ4n) is 4.89. The van der Waals surface area contributed by atoms with E-state index in [-0.39, 0.29) is 47.6 Å². The molecule has 0 saturated heterocycles. The van der Waals surface area contributed by atoms with Crippen LogP contribution < -0.4 is 19.1 Å². The number of carbonyl (C=O) groups is 2. The minimum atomic E-state index is -4.46. The predicted octanol–water partition coefficient (Wildman–Crippen LogP) is 7.89. The Morgan fingerprint density at radius 3 is 2.42 bits per heavy atom. The van der Waals surface area contributed by atoms with Crippen LogP contribution in [0, 0.1) is 6.92 Å². The van der Waals surface area contributed by atoms with Crippen molar-refractivity contribution in [3.05, 3.63) is 119 Å². The number of hydrogen-bond acceptors (Lipinski definition) is 6. The number of alkyl halides is 3. The van der Waals surface area contributed by atoms with Gasteiger partial charge in [0.2, 0.25) is 12.7 Å². The van der Waals surface area contributed by atoms with E-state index in [2.05, 4.69) is 4.98 Å². The zero-order valence-corrected chi connectivity index (χ0v) is 25.6. The standard InChI is InChI=1S/C33H26F3N3O5.BrH/c1-21-15-26(39-14-2-13-38(32(39)41)19-23-3-10-29-30(17-23)43-20-42-29)9-11-28(21)44-31-12-4-22(18-37-31)16-27(40)24-5-7-25(8-6-24)33(34,35)36;/h2-13,15,17-18H,14,16,19-20H2,1H3;1H. The van der Waals surface area contributed by atoms with Crippen molar-refractivity contribution in [3.8, 4) is 23.1 Å². The number of halogens is 4. The van der Waals surface area contributed by atoms with Gasteiger partial charge in [-0.2, -0.15) is 13.2 Å². The number of nitrogens with zero attached hydrogens (tertiary/aromatic N) is 3. The Labute approximate surface area is 267 Å². The average molecular weight is 682 g/mol. The molecule has 0 fully saturated rings. The summed E-state index contributed by atoms with van der Waals surface area (Å²) in [7, 11) is 0. The highest BCUT2D eigenvalue weighted by Gasteiger charge is 2.30. The number of urea groups is 1. The lowest BCUT2D eigenvalue weighted by atomic mass is 10.0. The maximum Gasteiger partial charge on any atom is 0.416 e. The third kappa shape index (κ3) is 7.12. The van der Waals surface area contributed by atoms with Gasteiger partial charge in [0.15, 0.2) is 17.3 Å². The van der Waals surface area contributed by atoms with Crippen LogP contribution in [0.2, 0.25) is 0 Å². The molecule has 0 unspecified atom stereocenters. The zero-order valence-electron chi connectivity index (χ0n) is 23.9. The summed E-state index contributed by atoms with van der Waals surface area (Å²) in [6, 6.07) is 18.3. The van der Waals surface area contributed by atoms with E-state index < -0.39 is 11.7 Å². The first kappa shape index (κ1) is 31.6. The Morgan fingerprint density at radius 2 is 1.71 bits per heavy atom. The number of pyridine rings is 1. The van der Waals surface area contributed by atoms with Gasteiger partial charge in [0.25, 0.3) is 0 Å². The van der Waals surface area contributed by atoms with Crippen LogP contribution in [0.25, 0.3) is 0 Å². The van der Waals surface area contributed by atoms with Crippen molar-refractivity contribution in [3.63, 3.8) is 0 Å². The first-order valence-corrected chi connectivity index (χ1v) is 13.7. The van der Waals surface area contributed by atoms with E-state index in [0.29, 0.717) is 47.5 Å². The fourth-order valence-corrected chi connectivity index (χ4v) is 4.89. The predicted molar refractivity (Wildman–Crippen MR) is 165 cm³/mol. The van der Waals surface area contributed by atoms with E-state index in [4.69, 9.17) is 14.2 Å². The number of ketones is 1. The maximum atomic E-state index is 13.3. The summed E-state index contributed by atoms with van der Waals surface area (Å²) in [6.07, 6.45) is 0.715. The second-order valence-corrected chi connectivity index (χ2v) is 10.3. The van der Waals surface area contributed by atoms with Crippen molar-refractivity contribution in [1.82, 2.24) is 9.88 Å². The van der Waals surface area contributed by atoms with Gasteiger partial charge in [-0.1, -0.05) is 24.3 Å². The molecule has 3 heterocycles. The highest BCUT2D eigenvalue weighted by molar-refractivity contribution is 8.93. The maximum absolute atomic E-state index is 13.3. The van der Waals surface area contributed by atoms with Gasteiger partial charge < -0.3 is 14.2 Å². The van der Waals surface area contributed by atoms with Gasteiger partial charge in [-0.15, -0.1) is 17.0 Å². The molecule has 45 heavy (non-hydrogen) atoms. The van der Waals surface area contributed by atoms with E-state index in [1.165, 1.54) is 18.3 Å². The van der Waals surface area contributed by atoms with Crippen LogP contribution in [-0.4, -0.2) is 35.0 Å². The van der Waals surface area contributed by atoms with Gasteiger partial charge in [0.1, 0.15) is 5.75 Å². The van der Waals surface area contributed by atoms with Gasteiger partial charge in [0, 0.05) is 42.7 Å². The summed E-state index contributed by atoms with van der Waals surface area (Å²) < 4.78 is 55.1. The second kappa shape index (κ2) is 13.0. The number of Topliss-reactive ketones (excluding diaryl/α,β-unsaturated/α-hetero) is 1. The van der Waals surface area contributed by atoms with Crippen molar-refractivity contribution in [1.29, 1.82) is 0 Å². The number of ether oxygens (including phenoxy) is 3. The zero-order chi connectivity index (χ0) is 30.8. The Kier molecular flexibility index (Phi) is 9.14. The van der Waals surface area contributed by atoms with Crippen molar-refractivity contribution >= 4 is 34.5 Å². The summed E-state index contributed by atoms with van der Waals surface area (Å²) in [5.41, 5.74) is 2.39. The molecule has 0 radical (unpaired) electrons. The van der Waals surface area contributed by atoms with E-state index in [0.717, 1.165) is 23.3 Å². The molecule has 0 bridgehead atoms. The van der Waals surface area contributed by atoms with Gasteiger partial charge in [-0.05, 0) is 72.2 Å². The molecule has 0 atom stereocenters. The molecule has 232 valence electrons. The quantitative estimate of drug-likeness (QED) is 0.176. The van der Waals surface area contributed by atoms with Gasteiger partial charge in [0.05, 0.1) is 12.1 Å². The lowest BCUT2D eigenvalue weighted by Crippen LogP contribution is -2.43. The smallest absolute Gasteiger partial charge is 0.416 e. The topological polar surface area (TPSA) is 81.2 Å². The summed E-state index contributed by atoms with van der Waals surface area (Å²) in [5, 5.41) is 0. The van der Waals surface area contributed by atoms with Crippen LogP contribution in [0.1, 0.15) is 32.6 Å². The van der Waals surface area contributed by atoms with Crippen molar-refractivity contribution < 1.29 is 37.0 Å². The first-order valence-electron chi connectivity index (χ1n) is 13.7. The van der Waals surface area contributed by atoms with Crippen LogP contribution in [0.4, 0.5) is 23.7 Å². The molecule has 0 N–H and O–H groups in total. The minimum Gasteiger partial charge on any atom is -0.454 e. The molecule has 1 aromatic heterocycles.